The monoisotopic (exact) mass is 443 g/mol. The average Bonchev–Trinajstić information content (AvgIpc) is 2.90. The van der Waals surface area contributed by atoms with Crippen molar-refractivity contribution in [3.63, 3.8) is 0 Å². The Morgan fingerprint density at radius 3 is 2.42 bits per heavy atom. The summed E-state index contributed by atoms with van der Waals surface area (Å²) in [4.78, 5) is 43.3. The lowest BCUT2D eigenvalue weighted by atomic mass is 9.92. The van der Waals surface area contributed by atoms with Gasteiger partial charge in [0.1, 0.15) is 5.75 Å². The highest BCUT2D eigenvalue weighted by Gasteiger charge is 2.30. The number of benzene rings is 2. The number of amides is 1. The Bertz CT molecular complexity index is 967. The van der Waals surface area contributed by atoms with Crippen LogP contribution < -0.4 is 9.84 Å². The van der Waals surface area contributed by atoms with Crippen LogP contribution in [0.4, 0.5) is 0 Å². The van der Waals surface area contributed by atoms with Crippen molar-refractivity contribution in [1.29, 1.82) is 0 Å². The SMILES string of the molecule is O=C(NC1CCCCC(C/C=C/c2ccccc2)C1=O)c1ccc(OP(=O)(O)O)cc1. The zero-order valence-electron chi connectivity index (χ0n) is 17.0. The molecule has 0 bridgehead atoms. The van der Waals surface area contributed by atoms with E-state index in [0.717, 1.165) is 24.8 Å². The molecule has 1 amide bonds. The maximum Gasteiger partial charge on any atom is 0.524 e. The Balaban J connectivity index is 1.60. The van der Waals surface area contributed by atoms with Crippen LogP contribution in [-0.2, 0) is 9.36 Å². The summed E-state index contributed by atoms with van der Waals surface area (Å²) in [7, 11) is -4.66. The van der Waals surface area contributed by atoms with E-state index >= 15 is 0 Å². The third-order valence-corrected chi connectivity index (χ3v) is 5.67. The van der Waals surface area contributed by atoms with Crippen LogP contribution in [0.3, 0.4) is 0 Å². The lowest BCUT2D eigenvalue weighted by Crippen LogP contribution is -2.42. The molecule has 1 aliphatic rings. The number of carbonyl (C=O) groups excluding carboxylic acids is 2. The van der Waals surface area contributed by atoms with Gasteiger partial charge >= 0.3 is 7.82 Å². The van der Waals surface area contributed by atoms with E-state index in [1.807, 2.05) is 42.5 Å². The van der Waals surface area contributed by atoms with Gasteiger partial charge in [-0.05, 0) is 49.1 Å². The quantitative estimate of drug-likeness (QED) is 0.438. The van der Waals surface area contributed by atoms with Gasteiger partial charge in [0.25, 0.3) is 5.91 Å². The first-order valence-corrected chi connectivity index (χ1v) is 11.8. The summed E-state index contributed by atoms with van der Waals surface area (Å²) in [6, 6.07) is 14.8. The maximum absolute atomic E-state index is 13.0. The van der Waals surface area contributed by atoms with Gasteiger partial charge in [0.2, 0.25) is 0 Å². The molecular formula is C23H26NO6P. The number of hydrogen-bond acceptors (Lipinski definition) is 4. The van der Waals surface area contributed by atoms with Crippen LogP contribution in [0.25, 0.3) is 6.08 Å². The molecule has 2 unspecified atom stereocenters. The van der Waals surface area contributed by atoms with E-state index in [4.69, 9.17) is 9.79 Å². The van der Waals surface area contributed by atoms with E-state index in [9.17, 15) is 14.2 Å². The summed E-state index contributed by atoms with van der Waals surface area (Å²) < 4.78 is 15.4. The lowest BCUT2D eigenvalue weighted by molar-refractivity contribution is -0.124. The topological polar surface area (TPSA) is 113 Å². The van der Waals surface area contributed by atoms with E-state index < -0.39 is 19.8 Å². The zero-order valence-corrected chi connectivity index (χ0v) is 17.9. The van der Waals surface area contributed by atoms with Crippen LogP contribution in [0.15, 0.2) is 60.7 Å². The number of carbonyl (C=O) groups is 2. The molecule has 7 nitrogen and oxygen atoms in total. The predicted molar refractivity (Wildman–Crippen MR) is 117 cm³/mol. The fourth-order valence-electron chi connectivity index (χ4n) is 3.66. The number of allylic oxidation sites excluding steroid dienone is 1. The molecule has 0 aliphatic heterocycles. The van der Waals surface area contributed by atoms with Crippen LogP contribution in [0.5, 0.6) is 5.75 Å². The van der Waals surface area contributed by atoms with E-state index in [0.29, 0.717) is 12.8 Å². The first kappa shape index (κ1) is 22.9. The molecule has 1 saturated carbocycles. The molecule has 0 heterocycles. The van der Waals surface area contributed by atoms with Crippen LogP contribution in [0, 0.1) is 5.92 Å². The second-order valence-corrected chi connectivity index (χ2v) is 8.73. The molecule has 31 heavy (non-hydrogen) atoms. The Labute approximate surface area is 181 Å². The Hall–Kier alpha value is -2.73. The molecule has 1 aliphatic carbocycles. The minimum Gasteiger partial charge on any atom is -0.404 e. The summed E-state index contributed by atoms with van der Waals surface area (Å²) in [5.74, 6) is -0.529. The summed E-state index contributed by atoms with van der Waals surface area (Å²) in [5, 5.41) is 2.82. The normalized spacial score (nSPS) is 19.7. The van der Waals surface area contributed by atoms with E-state index in [1.165, 1.54) is 24.3 Å². The second kappa shape index (κ2) is 10.5. The van der Waals surface area contributed by atoms with Crippen molar-refractivity contribution >= 4 is 25.6 Å². The molecular weight excluding hydrogens is 417 g/mol. The number of rotatable bonds is 7. The van der Waals surface area contributed by atoms with Crippen molar-refractivity contribution in [3.05, 3.63) is 71.8 Å². The fourth-order valence-corrected chi connectivity index (χ4v) is 4.06. The molecule has 0 radical (unpaired) electrons. The molecule has 0 aromatic heterocycles. The summed E-state index contributed by atoms with van der Waals surface area (Å²) in [6.45, 7) is 0. The molecule has 2 aromatic carbocycles. The zero-order chi connectivity index (χ0) is 22.3. The number of phosphoric acid groups is 1. The van der Waals surface area contributed by atoms with Gasteiger partial charge in [0.15, 0.2) is 5.78 Å². The maximum atomic E-state index is 13.0. The van der Waals surface area contributed by atoms with Gasteiger partial charge in [-0.15, -0.1) is 0 Å². The van der Waals surface area contributed by atoms with Crippen molar-refractivity contribution in [2.45, 2.75) is 38.1 Å². The molecule has 8 heteroatoms. The highest BCUT2D eigenvalue weighted by atomic mass is 31.2. The third-order valence-electron chi connectivity index (χ3n) is 5.22. The van der Waals surface area contributed by atoms with Crippen molar-refractivity contribution < 1.29 is 28.5 Å². The largest absolute Gasteiger partial charge is 0.524 e. The number of phosphoric ester groups is 1. The Kier molecular flexibility index (Phi) is 7.80. The van der Waals surface area contributed by atoms with E-state index in [-0.39, 0.29) is 23.0 Å². The number of Topliss-reactive ketones (excluding diaryl/α,β-unsaturated/α-hetero) is 1. The van der Waals surface area contributed by atoms with Gasteiger partial charge in [0.05, 0.1) is 6.04 Å². The number of ketones is 1. The highest BCUT2D eigenvalue weighted by Crippen LogP contribution is 2.37. The van der Waals surface area contributed by atoms with Gasteiger partial charge in [0, 0.05) is 11.5 Å². The highest BCUT2D eigenvalue weighted by molar-refractivity contribution is 7.46. The summed E-state index contributed by atoms with van der Waals surface area (Å²) in [5.41, 5.74) is 1.37. The summed E-state index contributed by atoms with van der Waals surface area (Å²) in [6.07, 6.45) is 7.87. The predicted octanol–water partition coefficient (Wildman–Crippen LogP) is 4.12. The molecule has 0 saturated heterocycles. The van der Waals surface area contributed by atoms with Gasteiger partial charge in [-0.25, -0.2) is 4.57 Å². The Morgan fingerprint density at radius 1 is 1.06 bits per heavy atom. The minimum atomic E-state index is -4.66. The number of hydrogen-bond donors (Lipinski definition) is 3. The number of nitrogens with one attached hydrogen (secondary N) is 1. The van der Waals surface area contributed by atoms with E-state index in [1.54, 1.807) is 0 Å². The van der Waals surface area contributed by atoms with Crippen molar-refractivity contribution in [3.8, 4) is 5.75 Å². The molecule has 164 valence electrons. The smallest absolute Gasteiger partial charge is 0.404 e. The van der Waals surface area contributed by atoms with Crippen LogP contribution in [0.1, 0.15) is 48.0 Å². The standard InChI is InChI=1S/C23H26NO6P/c25-22-18(11-6-9-17-7-2-1-3-8-17)10-4-5-12-21(22)24-23(26)19-13-15-20(16-14-19)30-31(27,28)29/h1-3,6-9,13-16,18,21H,4-5,10-12H2,(H,24,26)(H2,27,28,29)/b9-6+. The van der Waals surface area contributed by atoms with Gasteiger partial charge in [-0.2, -0.15) is 0 Å². The fraction of sp³-hybridized carbons (Fsp3) is 0.304. The van der Waals surface area contributed by atoms with Gasteiger partial charge in [-0.1, -0.05) is 55.3 Å². The molecule has 3 N–H and O–H groups in total. The molecule has 2 aromatic rings. The van der Waals surface area contributed by atoms with Gasteiger partial charge in [-0.3, -0.25) is 19.4 Å². The van der Waals surface area contributed by atoms with Gasteiger partial charge < -0.3 is 9.84 Å². The molecule has 0 spiro atoms. The average molecular weight is 443 g/mol. The van der Waals surface area contributed by atoms with E-state index in [2.05, 4.69) is 9.84 Å². The van der Waals surface area contributed by atoms with Crippen molar-refractivity contribution in [2.75, 3.05) is 0 Å². The molecule has 1 fully saturated rings. The first-order chi connectivity index (χ1) is 14.8. The Morgan fingerprint density at radius 2 is 1.74 bits per heavy atom. The van der Waals surface area contributed by atoms with Crippen LogP contribution in [0.2, 0.25) is 0 Å². The van der Waals surface area contributed by atoms with Crippen LogP contribution in [-0.4, -0.2) is 27.5 Å². The minimum absolute atomic E-state index is 0.0410. The first-order valence-electron chi connectivity index (χ1n) is 10.2. The van der Waals surface area contributed by atoms with Crippen molar-refractivity contribution in [1.82, 2.24) is 5.32 Å². The third kappa shape index (κ3) is 7.17. The summed E-state index contributed by atoms with van der Waals surface area (Å²) >= 11 is 0. The second-order valence-electron chi connectivity index (χ2n) is 7.56. The molecule has 2 atom stereocenters. The van der Waals surface area contributed by atoms with Crippen LogP contribution >= 0.6 is 7.82 Å². The lowest BCUT2D eigenvalue weighted by Gasteiger charge is -2.19. The molecule has 3 rings (SSSR count). The van der Waals surface area contributed by atoms with Crippen molar-refractivity contribution in [2.24, 2.45) is 5.92 Å².